The van der Waals surface area contributed by atoms with Gasteiger partial charge < -0.3 is 9.67 Å². The molecule has 2 aromatic carbocycles. The maximum absolute atomic E-state index is 12.3. The number of carboxylic acids is 1. The Kier molecular flexibility index (Phi) is 7.61. The largest absolute Gasteiger partial charge is 0.481 e. The summed E-state index contributed by atoms with van der Waals surface area (Å²) < 4.78 is 4.11. The SMILES string of the molecule is CCn1nnc2c(C)c([C@@H](c3ccc(C)c(Cn4ccnc4CN4CCCCC4)c3)[C@H](C)C(=O)O)ccc21. The van der Waals surface area contributed by atoms with E-state index >= 15 is 0 Å². The van der Waals surface area contributed by atoms with Crippen LogP contribution in [0.15, 0.2) is 42.7 Å². The van der Waals surface area contributed by atoms with Crippen LogP contribution in [0.2, 0.25) is 0 Å². The lowest BCUT2D eigenvalue weighted by Crippen LogP contribution is -2.30. The van der Waals surface area contributed by atoms with Crippen molar-refractivity contribution in [2.75, 3.05) is 13.1 Å². The third-order valence-corrected chi connectivity index (χ3v) is 8.19. The molecule has 38 heavy (non-hydrogen) atoms. The van der Waals surface area contributed by atoms with E-state index < -0.39 is 11.9 Å². The summed E-state index contributed by atoms with van der Waals surface area (Å²) in [4.78, 5) is 19.5. The Morgan fingerprint density at radius 1 is 1.08 bits per heavy atom. The molecule has 8 heteroatoms. The number of likely N-dealkylation sites (tertiary alicyclic amines) is 1. The number of fused-ring (bicyclic) bond motifs is 1. The number of piperidine rings is 1. The van der Waals surface area contributed by atoms with E-state index in [-0.39, 0.29) is 5.92 Å². The van der Waals surface area contributed by atoms with Gasteiger partial charge in [-0.3, -0.25) is 9.69 Å². The van der Waals surface area contributed by atoms with Crippen molar-refractivity contribution in [1.29, 1.82) is 0 Å². The molecule has 1 aliphatic rings. The van der Waals surface area contributed by atoms with Crippen LogP contribution in [0.5, 0.6) is 0 Å². The molecule has 1 N–H and O–H groups in total. The first-order chi connectivity index (χ1) is 18.4. The van der Waals surface area contributed by atoms with Crippen LogP contribution >= 0.6 is 0 Å². The number of aliphatic carboxylic acids is 1. The summed E-state index contributed by atoms with van der Waals surface area (Å²) in [5.74, 6) is -0.649. The van der Waals surface area contributed by atoms with Gasteiger partial charge in [0.25, 0.3) is 0 Å². The van der Waals surface area contributed by atoms with Crippen LogP contribution in [0, 0.1) is 19.8 Å². The van der Waals surface area contributed by atoms with Gasteiger partial charge >= 0.3 is 5.97 Å². The Hall–Kier alpha value is -3.52. The molecule has 0 bridgehead atoms. The molecule has 8 nitrogen and oxygen atoms in total. The number of aromatic nitrogens is 5. The van der Waals surface area contributed by atoms with E-state index in [2.05, 4.69) is 62.1 Å². The molecule has 200 valence electrons. The van der Waals surface area contributed by atoms with Gasteiger partial charge in [0, 0.05) is 31.4 Å². The first kappa shape index (κ1) is 26.1. The topological polar surface area (TPSA) is 89.1 Å². The Morgan fingerprint density at radius 2 is 1.87 bits per heavy atom. The number of imidazole rings is 1. The van der Waals surface area contributed by atoms with Crippen molar-refractivity contribution < 1.29 is 9.90 Å². The third kappa shape index (κ3) is 5.10. The summed E-state index contributed by atoms with van der Waals surface area (Å²) in [6, 6.07) is 10.5. The first-order valence-electron chi connectivity index (χ1n) is 13.7. The molecule has 5 rings (SSSR count). The molecule has 0 aliphatic carbocycles. The van der Waals surface area contributed by atoms with Gasteiger partial charge in [-0.05, 0) is 80.6 Å². The molecule has 1 aliphatic heterocycles. The fourth-order valence-corrected chi connectivity index (χ4v) is 5.83. The molecule has 0 spiro atoms. The van der Waals surface area contributed by atoms with Crippen molar-refractivity contribution in [3.8, 4) is 0 Å². The molecule has 4 aromatic rings. The number of aryl methyl sites for hydroxylation is 3. The minimum absolute atomic E-state index is 0.307. The molecule has 0 unspecified atom stereocenters. The van der Waals surface area contributed by atoms with Crippen molar-refractivity contribution in [2.24, 2.45) is 5.92 Å². The zero-order chi connectivity index (χ0) is 26.8. The molecule has 3 heterocycles. The zero-order valence-electron chi connectivity index (χ0n) is 22.9. The summed E-state index contributed by atoms with van der Waals surface area (Å²) in [5.41, 5.74) is 7.15. The van der Waals surface area contributed by atoms with Crippen LogP contribution in [0.4, 0.5) is 0 Å². The highest BCUT2D eigenvalue weighted by atomic mass is 16.4. The average Bonchev–Trinajstić information content (AvgIpc) is 3.54. The second kappa shape index (κ2) is 11.1. The maximum atomic E-state index is 12.3. The van der Waals surface area contributed by atoms with Crippen LogP contribution in [-0.4, -0.2) is 53.6 Å². The van der Waals surface area contributed by atoms with Gasteiger partial charge in [-0.1, -0.05) is 42.8 Å². The van der Waals surface area contributed by atoms with Crippen LogP contribution < -0.4 is 0 Å². The van der Waals surface area contributed by atoms with Crippen molar-refractivity contribution in [3.05, 3.63) is 76.4 Å². The maximum Gasteiger partial charge on any atom is 0.307 e. The van der Waals surface area contributed by atoms with Crippen LogP contribution in [-0.2, 0) is 24.4 Å². The van der Waals surface area contributed by atoms with Gasteiger partial charge in [-0.15, -0.1) is 5.10 Å². The standard InChI is InChI=1S/C30H38N6O2/c1-5-36-26-12-11-25(21(3)29(26)32-33-36)28(22(4)30(37)38)23-10-9-20(2)24(17-23)18-35-16-13-31-27(35)19-34-14-7-6-8-15-34/h9-13,16-17,22,28H,5-8,14-15,18-19H2,1-4H3,(H,37,38)/t22-,28+/m0/s1. The second-order valence-electron chi connectivity index (χ2n) is 10.7. The monoisotopic (exact) mass is 514 g/mol. The van der Waals surface area contributed by atoms with Crippen molar-refractivity contribution >= 4 is 17.0 Å². The highest BCUT2D eigenvalue weighted by Crippen LogP contribution is 2.37. The summed E-state index contributed by atoms with van der Waals surface area (Å²) in [5, 5.41) is 18.8. The Labute approximate surface area is 224 Å². The van der Waals surface area contributed by atoms with E-state index in [1.54, 1.807) is 6.92 Å². The van der Waals surface area contributed by atoms with Gasteiger partial charge in [0.15, 0.2) is 0 Å². The molecular weight excluding hydrogens is 476 g/mol. The fraction of sp³-hybridized carbons (Fsp3) is 0.467. The Morgan fingerprint density at radius 3 is 2.61 bits per heavy atom. The first-order valence-corrected chi connectivity index (χ1v) is 13.7. The number of nitrogens with zero attached hydrogens (tertiary/aromatic N) is 6. The van der Waals surface area contributed by atoms with E-state index in [1.807, 2.05) is 30.8 Å². The number of carbonyl (C=O) groups is 1. The van der Waals surface area contributed by atoms with E-state index in [0.717, 1.165) is 59.7 Å². The molecular formula is C30H38N6O2. The van der Waals surface area contributed by atoms with E-state index in [0.29, 0.717) is 6.54 Å². The van der Waals surface area contributed by atoms with Gasteiger partial charge in [0.2, 0.25) is 0 Å². The minimum Gasteiger partial charge on any atom is -0.481 e. The van der Waals surface area contributed by atoms with Gasteiger partial charge in [-0.25, -0.2) is 9.67 Å². The summed E-state index contributed by atoms with van der Waals surface area (Å²) in [6.45, 7) is 12.6. The normalized spacial score (nSPS) is 16.1. The minimum atomic E-state index is -0.813. The lowest BCUT2D eigenvalue weighted by Gasteiger charge is -2.26. The van der Waals surface area contributed by atoms with Crippen LogP contribution in [0.25, 0.3) is 11.0 Å². The van der Waals surface area contributed by atoms with Gasteiger partial charge in [-0.2, -0.15) is 0 Å². The molecule has 2 aromatic heterocycles. The molecule has 1 fully saturated rings. The van der Waals surface area contributed by atoms with E-state index in [4.69, 9.17) is 0 Å². The molecule has 0 amide bonds. The van der Waals surface area contributed by atoms with Crippen LogP contribution in [0.1, 0.15) is 72.7 Å². The predicted octanol–water partition coefficient (Wildman–Crippen LogP) is 5.15. The number of carboxylic acid groups (broad SMARTS) is 1. The van der Waals surface area contributed by atoms with E-state index in [9.17, 15) is 9.90 Å². The molecule has 1 saturated heterocycles. The molecule has 2 atom stereocenters. The average molecular weight is 515 g/mol. The Bertz CT molecular complexity index is 1430. The number of rotatable bonds is 9. The highest BCUT2D eigenvalue weighted by Gasteiger charge is 2.30. The van der Waals surface area contributed by atoms with Crippen molar-refractivity contribution in [2.45, 2.75) is 72.5 Å². The van der Waals surface area contributed by atoms with Crippen LogP contribution in [0.3, 0.4) is 0 Å². The highest BCUT2D eigenvalue weighted by molar-refractivity contribution is 5.81. The molecule has 0 saturated carbocycles. The summed E-state index contributed by atoms with van der Waals surface area (Å²) >= 11 is 0. The smallest absolute Gasteiger partial charge is 0.307 e. The quantitative estimate of drug-likeness (QED) is 0.332. The lowest BCUT2D eigenvalue weighted by atomic mass is 9.79. The zero-order valence-corrected chi connectivity index (χ0v) is 22.9. The van der Waals surface area contributed by atoms with E-state index in [1.165, 1.54) is 30.4 Å². The van der Waals surface area contributed by atoms with Gasteiger partial charge in [0.1, 0.15) is 11.3 Å². The number of hydrogen-bond acceptors (Lipinski definition) is 5. The van der Waals surface area contributed by atoms with Crippen molar-refractivity contribution in [1.82, 2.24) is 29.4 Å². The fourth-order valence-electron chi connectivity index (χ4n) is 5.83. The predicted molar refractivity (Wildman–Crippen MR) is 148 cm³/mol. The lowest BCUT2D eigenvalue weighted by molar-refractivity contribution is -0.141. The molecule has 0 radical (unpaired) electrons. The summed E-state index contributed by atoms with van der Waals surface area (Å²) in [7, 11) is 0. The third-order valence-electron chi connectivity index (χ3n) is 8.19. The Balaban J connectivity index is 1.50. The van der Waals surface area contributed by atoms with Crippen molar-refractivity contribution in [3.63, 3.8) is 0 Å². The number of hydrogen-bond donors (Lipinski definition) is 1. The summed E-state index contributed by atoms with van der Waals surface area (Å²) in [6.07, 6.45) is 7.76. The number of benzene rings is 2. The second-order valence-corrected chi connectivity index (χ2v) is 10.7. The van der Waals surface area contributed by atoms with Gasteiger partial charge in [0.05, 0.1) is 18.0 Å².